The Bertz CT molecular complexity index is 958. The number of hydrogen-bond donors (Lipinski definition) is 0. The number of carbonyl (C=O) groups is 1. The first-order chi connectivity index (χ1) is 13.3. The van der Waals surface area contributed by atoms with Crippen LogP contribution < -0.4 is 0 Å². The zero-order valence-electron chi connectivity index (χ0n) is 14.9. The predicted molar refractivity (Wildman–Crippen MR) is 102 cm³/mol. The average Bonchev–Trinajstić information content (AvgIpc) is 3.41. The van der Waals surface area contributed by atoms with E-state index in [-0.39, 0.29) is 11.5 Å². The van der Waals surface area contributed by atoms with E-state index in [9.17, 15) is 4.79 Å². The molecule has 0 unspecified atom stereocenters. The average molecular weight is 380 g/mol. The molecule has 0 aliphatic carbocycles. The van der Waals surface area contributed by atoms with Crippen LogP contribution in [0.5, 0.6) is 0 Å². The molecule has 0 saturated carbocycles. The second-order valence-corrected chi connectivity index (χ2v) is 7.93. The number of aromatic nitrogens is 3. The molecule has 5 rings (SSSR count). The third-order valence-corrected chi connectivity index (χ3v) is 6.71. The molecule has 27 heavy (non-hydrogen) atoms. The van der Waals surface area contributed by atoms with Crippen molar-refractivity contribution in [2.24, 2.45) is 0 Å². The van der Waals surface area contributed by atoms with Crippen molar-refractivity contribution in [3.63, 3.8) is 0 Å². The van der Waals surface area contributed by atoms with Gasteiger partial charge in [-0.25, -0.2) is 9.67 Å². The minimum absolute atomic E-state index is 0.0400. The molecule has 0 bridgehead atoms. The largest absolute Gasteiger partial charge is 0.369 e. The summed E-state index contributed by atoms with van der Waals surface area (Å²) in [6, 6.07) is 9.78. The van der Waals surface area contributed by atoms with E-state index in [4.69, 9.17) is 4.74 Å². The number of rotatable bonds is 2. The molecule has 1 saturated heterocycles. The molecule has 1 aromatic carbocycles. The van der Waals surface area contributed by atoms with Gasteiger partial charge in [0, 0.05) is 18.0 Å². The van der Waals surface area contributed by atoms with Gasteiger partial charge in [0.2, 0.25) is 0 Å². The standard InChI is InChI=1S/C20H20N4O2S/c25-19(16-3-1-2-4-17(16)24-14-21-13-22-24)23-9-7-20(8-10-23)18-15(5-11-26-20)6-12-27-18/h1-4,6,12-14H,5,7-11H2. The van der Waals surface area contributed by atoms with Crippen LogP contribution in [0.3, 0.4) is 0 Å². The number of amides is 1. The van der Waals surface area contributed by atoms with Gasteiger partial charge in [0.15, 0.2) is 0 Å². The maximum Gasteiger partial charge on any atom is 0.256 e. The van der Waals surface area contributed by atoms with Crippen molar-refractivity contribution < 1.29 is 9.53 Å². The molecule has 0 atom stereocenters. The van der Waals surface area contributed by atoms with Crippen molar-refractivity contribution in [3.05, 3.63) is 64.4 Å². The molecule has 2 aromatic heterocycles. The van der Waals surface area contributed by atoms with E-state index in [2.05, 4.69) is 21.5 Å². The van der Waals surface area contributed by atoms with Crippen LogP contribution in [0.25, 0.3) is 5.69 Å². The number of fused-ring (bicyclic) bond motifs is 2. The highest BCUT2D eigenvalue weighted by atomic mass is 32.1. The van der Waals surface area contributed by atoms with Gasteiger partial charge >= 0.3 is 0 Å². The van der Waals surface area contributed by atoms with E-state index in [1.807, 2.05) is 29.2 Å². The van der Waals surface area contributed by atoms with Crippen molar-refractivity contribution >= 4 is 17.2 Å². The fourth-order valence-electron chi connectivity index (χ4n) is 4.15. The highest BCUT2D eigenvalue weighted by molar-refractivity contribution is 7.10. The minimum Gasteiger partial charge on any atom is -0.369 e. The lowest BCUT2D eigenvalue weighted by Crippen LogP contribution is -2.48. The zero-order valence-corrected chi connectivity index (χ0v) is 15.7. The molecule has 4 heterocycles. The number of nitrogens with zero attached hydrogens (tertiary/aromatic N) is 4. The highest BCUT2D eigenvalue weighted by Gasteiger charge is 2.42. The van der Waals surface area contributed by atoms with Crippen LogP contribution in [0.15, 0.2) is 48.4 Å². The number of piperidine rings is 1. The van der Waals surface area contributed by atoms with Crippen molar-refractivity contribution in [3.8, 4) is 5.69 Å². The Kier molecular flexibility index (Phi) is 4.06. The van der Waals surface area contributed by atoms with Gasteiger partial charge in [-0.1, -0.05) is 12.1 Å². The number of ether oxygens (including phenoxy) is 1. The van der Waals surface area contributed by atoms with Gasteiger partial charge in [-0.3, -0.25) is 4.79 Å². The number of carbonyl (C=O) groups excluding carboxylic acids is 1. The Hall–Kier alpha value is -2.51. The van der Waals surface area contributed by atoms with Crippen LogP contribution in [0.1, 0.15) is 33.6 Å². The quantitative estimate of drug-likeness (QED) is 0.686. The van der Waals surface area contributed by atoms with Crippen LogP contribution in [-0.4, -0.2) is 45.3 Å². The SMILES string of the molecule is O=C(c1ccccc1-n1cncn1)N1CCC2(CC1)OCCc1ccsc12. The van der Waals surface area contributed by atoms with Crippen molar-refractivity contribution in [2.75, 3.05) is 19.7 Å². The summed E-state index contributed by atoms with van der Waals surface area (Å²) in [5.41, 5.74) is 2.63. The Labute approximate surface area is 161 Å². The second-order valence-electron chi connectivity index (χ2n) is 7.02. The Morgan fingerprint density at radius 2 is 2.04 bits per heavy atom. The van der Waals surface area contributed by atoms with Gasteiger partial charge in [0.05, 0.1) is 17.9 Å². The van der Waals surface area contributed by atoms with Crippen LogP contribution in [0.2, 0.25) is 0 Å². The summed E-state index contributed by atoms with van der Waals surface area (Å²) >= 11 is 1.79. The molecular formula is C20H20N4O2S. The molecule has 2 aliphatic rings. The van der Waals surface area contributed by atoms with E-state index >= 15 is 0 Å². The van der Waals surface area contributed by atoms with Crippen molar-refractivity contribution in [2.45, 2.75) is 24.9 Å². The maximum atomic E-state index is 13.2. The lowest BCUT2D eigenvalue weighted by atomic mass is 9.85. The lowest BCUT2D eigenvalue weighted by Gasteiger charge is -2.43. The van der Waals surface area contributed by atoms with Gasteiger partial charge in [-0.2, -0.15) is 5.10 Å². The monoisotopic (exact) mass is 380 g/mol. The first kappa shape index (κ1) is 16.6. The Balaban J connectivity index is 1.38. The molecule has 1 fully saturated rings. The third-order valence-electron chi connectivity index (χ3n) is 5.57. The van der Waals surface area contributed by atoms with Gasteiger partial charge < -0.3 is 9.64 Å². The molecule has 2 aliphatic heterocycles. The summed E-state index contributed by atoms with van der Waals surface area (Å²) < 4.78 is 7.90. The molecule has 3 aromatic rings. The normalized spacial score (nSPS) is 18.4. The first-order valence-electron chi connectivity index (χ1n) is 9.21. The van der Waals surface area contributed by atoms with Gasteiger partial charge in [-0.15, -0.1) is 11.3 Å². The minimum atomic E-state index is -0.204. The van der Waals surface area contributed by atoms with Gasteiger partial charge in [0.1, 0.15) is 18.3 Å². The summed E-state index contributed by atoms with van der Waals surface area (Å²) in [4.78, 5) is 20.5. The summed E-state index contributed by atoms with van der Waals surface area (Å²) in [5.74, 6) is 0.0400. The van der Waals surface area contributed by atoms with Crippen LogP contribution >= 0.6 is 11.3 Å². The highest BCUT2D eigenvalue weighted by Crippen LogP contribution is 2.44. The molecule has 7 heteroatoms. The molecule has 1 amide bonds. The Morgan fingerprint density at radius 3 is 2.85 bits per heavy atom. The van der Waals surface area contributed by atoms with E-state index in [0.717, 1.165) is 31.6 Å². The fourth-order valence-corrected chi connectivity index (χ4v) is 5.32. The van der Waals surface area contributed by atoms with E-state index in [1.165, 1.54) is 16.8 Å². The van der Waals surface area contributed by atoms with E-state index in [1.54, 1.807) is 22.3 Å². The summed E-state index contributed by atoms with van der Waals surface area (Å²) in [5, 5.41) is 6.34. The summed E-state index contributed by atoms with van der Waals surface area (Å²) in [6.45, 7) is 2.16. The molecule has 0 N–H and O–H groups in total. The zero-order chi connectivity index (χ0) is 18.3. The lowest BCUT2D eigenvalue weighted by molar-refractivity contribution is -0.0906. The first-order valence-corrected chi connectivity index (χ1v) is 10.1. The molecule has 138 valence electrons. The fraction of sp³-hybridized carbons (Fsp3) is 0.350. The summed E-state index contributed by atoms with van der Waals surface area (Å²) in [7, 11) is 0. The second kappa shape index (κ2) is 6.58. The van der Waals surface area contributed by atoms with Gasteiger partial charge in [-0.05, 0) is 48.4 Å². The van der Waals surface area contributed by atoms with E-state index < -0.39 is 0 Å². The van der Waals surface area contributed by atoms with E-state index in [0.29, 0.717) is 18.7 Å². The molecule has 0 radical (unpaired) electrons. The Morgan fingerprint density at radius 1 is 1.19 bits per heavy atom. The molecule has 1 spiro atoms. The van der Waals surface area contributed by atoms with Crippen LogP contribution in [-0.2, 0) is 16.8 Å². The molecular weight excluding hydrogens is 360 g/mol. The summed E-state index contributed by atoms with van der Waals surface area (Å²) in [6.07, 6.45) is 5.78. The van der Waals surface area contributed by atoms with Crippen LogP contribution in [0.4, 0.5) is 0 Å². The number of likely N-dealkylation sites (tertiary alicyclic amines) is 1. The number of para-hydroxylation sites is 1. The maximum absolute atomic E-state index is 13.2. The predicted octanol–water partition coefficient (Wildman–Crippen LogP) is 3.03. The van der Waals surface area contributed by atoms with Crippen molar-refractivity contribution in [1.29, 1.82) is 0 Å². The third kappa shape index (κ3) is 2.78. The number of hydrogen-bond acceptors (Lipinski definition) is 5. The van der Waals surface area contributed by atoms with Crippen LogP contribution in [0, 0.1) is 0 Å². The number of benzene rings is 1. The topological polar surface area (TPSA) is 60.2 Å². The number of thiophene rings is 1. The smallest absolute Gasteiger partial charge is 0.256 e. The molecule has 6 nitrogen and oxygen atoms in total. The van der Waals surface area contributed by atoms with Gasteiger partial charge in [0.25, 0.3) is 5.91 Å². The van der Waals surface area contributed by atoms with Crippen molar-refractivity contribution in [1.82, 2.24) is 19.7 Å².